The number of alkyl halides is 1. The highest BCUT2D eigenvalue weighted by Gasteiger charge is 2.43. The van der Waals surface area contributed by atoms with Gasteiger partial charge in [0.2, 0.25) is 0 Å². The Morgan fingerprint density at radius 1 is 1.16 bits per heavy atom. The molecule has 0 amide bonds. The molecule has 1 aromatic carbocycles. The number of benzene rings is 1. The lowest BCUT2D eigenvalue weighted by molar-refractivity contribution is -0.147. The molecule has 0 saturated carbocycles. The summed E-state index contributed by atoms with van der Waals surface area (Å²) in [6.07, 6.45) is 9.34. The third-order valence-corrected chi connectivity index (χ3v) is 5.21. The van der Waals surface area contributed by atoms with Crippen LogP contribution in [-0.4, -0.2) is 50.5 Å². The second-order valence-electron chi connectivity index (χ2n) is 7.90. The molecular weight excluding hydrogens is 401 g/mol. The number of esters is 2. The maximum atomic E-state index is 14.9. The molecule has 31 heavy (non-hydrogen) atoms. The van der Waals surface area contributed by atoms with Crippen molar-refractivity contribution in [2.45, 2.75) is 63.3 Å². The van der Waals surface area contributed by atoms with Crippen LogP contribution in [-0.2, 0) is 30.4 Å². The highest BCUT2D eigenvalue weighted by molar-refractivity contribution is 5.76. The van der Waals surface area contributed by atoms with Gasteiger partial charge in [-0.3, -0.25) is 9.59 Å². The predicted octanol–water partition coefficient (Wildman–Crippen LogP) is 3.89. The first-order valence-corrected chi connectivity index (χ1v) is 10.9. The summed E-state index contributed by atoms with van der Waals surface area (Å²) in [5, 5.41) is 2.90. The molecule has 0 aliphatic carbocycles. The summed E-state index contributed by atoms with van der Waals surface area (Å²) >= 11 is 0. The van der Waals surface area contributed by atoms with Gasteiger partial charge in [-0.05, 0) is 24.8 Å². The first-order chi connectivity index (χ1) is 15.0. The molecule has 0 radical (unpaired) electrons. The lowest BCUT2D eigenvalue weighted by atomic mass is 10.0. The van der Waals surface area contributed by atoms with Crippen molar-refractivity contribution in [1.82, 2.24) is 5.32 Å². The van der Waals surface area contributed by atoms with Gasteiger partial charge in [-0.1, -0.05) is 55.3 Å². The Morgan fingerprint density at radius 3 is 2.71 bits per heavy atom. The molecule has 0 unspecified atom stereocenters. The number of unbranched alkanes of at least 4 members (excludes halogenated alkanes) is 4. The van der Waals surface area contributed by atoms with Crippen molar-refractivity contribution in [2.75, 3.05) is 26.9 Å². The highest BCUT2D eigenvalue weighted by Crippen LogP contribution is 2.25. The molecule has 0 bridgehead atoms. The van der Waals surface area contributed by atoms with E-state index in [0.717, 1.165) is 37.7 Å². The van der Waals surface area contributed by atoms with Crippen molar-refractivity contribution in [1.29, 1.82) is 0 Å². The van der Waals surface area contributed by atoms with Crippen LogP contribution < -0.4 is 5.32 Å². The van der Waals surface area contributed by atoms with Gasteiger partial charge in [0.25, 0.3) is 0 Å². The van der Waals surface area contributed by atoms with E-state index >= 15 is 0 Å². The molecule has 1 fully saturated rings. The second kappa shape index (κ2) is 13.9. The lowest BCUT2D eigenvalue weighted by Crippen LogP contribution is -2.32. The van der Waals surface area contributed by atoms with Gasteiger partial charge < -0.3 is 19.5 Å². The molecule has 2 atom stereocenters. The van der Waals surface area contributed by atoms with Crippen LogP contribution >= 0.6 is 0 Å². The lowest BCUT2D eigenvalue weighted by Gasteiger charge is -2.17. The van der Waals surface area contributed by atoms with E-state index in [9.17, 15) is 14.0 Å². The largest absolute Gasteiger partial charge is 0.469 e. The van der Waals surface area contributed by atoms with E-state index in [4.69, 9.17) is 9.47 Å². The monoisotopic (exact) mass is 435 g/mol. The van der Waals surface area contributed by atoms with Crippen LogP contribution in [0.2, 0.25) is 0 Å². The number of rotatable bonds is 14. The van der Waals surface area contributed by atoms with E-state index < -0.39 is 17.7 Å². The summed E-state index contributed by atoms with van der Waals surface area (Å²) in [7, 11) is 1.41. The summed E-state index contributed by atoms with van der Waals surface area (Å²) in [6, 6.07) is 8.76. The quantitative estimate of drug-likeness (QED) is 0.272. The molecule has 1 aromatic rings. The van der Waals surface area contributed by atoms with Gasteiger partial charge in [0, 0.05) is 19.4 Å². The number of methoxy groups -OCH3 is 1. The van der Waals surface area contributed by atoms with Gasteiger partial charge in [-0.2, -0.15) is 0 Å². The van der Waals surface area contributed by atoms with Crippen LogP contribution in [0.25, 0.3) is 0 Å². The summed E-state index contributed by atoms with van der Waals surface area (Å²) in [5.74, 6) is -0.592. The molecule has 0 aromatic heterocycles. The van der Waals surface area contributed by atoms with E-state index in [2.05, 4.69) is 10.1 Å². The van der Waals surface area contributed by atoms with Crippen molar-refractivity contribution in [2.24, 2.45) is 0 Å². The summed E-state index contributed by atoms with van der Waals surface area (Å²) in [4.78, 5) is 23.2. The first kappa shape index (κ1) is 25.0. The third-order valence-electron chi connectivity index (χ3n) is 5.21. The average molecular weight is 436 g/mol. The van der Waals surface area contributed by atoms with Crippen molar-refractivity contribution in [3.63, 3.8) is 0 Å². The summed E-state index contributed by atoms with van der Waals surface area (Å²) in [5.41, 5.74) is -0.666. The Balaban J connectivity index is 1.51. The molecular formula is C24H34FNO5. The Hall–Kier alpha value is -2.25. The third kappa shape index (κ3) is 10.1. The fourth-order valence-corrected chi connectivity index (χ4v) is 3.41. The zero-order chi connectivity index (χ0) is 22.4. The second-order valence-corrected chi connectivity index (χ2v) is 7.90. The maximum Gasteiger partial charge on any atom is 0.323 e. The number of hydrogen-bond acceptors (Lipinski definition) is 6. The Morgan fingerprint density at radius 2 is 1.94 bits per heavy atom. The molecule has 172 valence electrons. The Labute approximate surface area is 184 Å². The minimum absolute atomic E-state index is 0.0515. The standard InChI is InChI=1S/C24H34FNO5/c1-29-22(27)14-10-5-3-2-4-6-11-15-30-19-24(25)16-21(26-18-24)23(28)31-17-20-12-8-7-9-13-20/h6-9,11-13,21,26H,2-5,10,14-19H2,1H3/b11-6+/t21-,24+/m0/s1. The minimum Gasteiger partial charge on any atom is -0.469 e. The van der Waals surface area contributed by atoms with E-state index in [-0.39, 0.29) is 32.1 Å². The van der Waals surface area contributed by atoms with Crippen molar-refractivity contribution in [3.8, 4) is 0 Å². The number of halogens is 1. The SMILES string of the molecule is COC(=O)CCCCCC/C=C/COC[C@]1(F)CN[C@H](C(=O)OCc2ccccc2)C1. The van der Waals surface area contributed by atoms with Crippen molar-refractivity contribution < 1.29 is 28.2 Å². The van der Waals surface area contributed by atoms with Crippen LogP contribution in [0.15, 0.2) is 42.5 Å². The zero-order valence-corrected chi connectivity index (χ0v) is 18.3. The number of carbonyl (C=O) groups excluding carboxylic acids is 2. The van der Waals surface area contributed by atoms with Crippen molar-refractivity contribution in [3.05, 3.63) is 48.0 Å². The van der Waals surface area contributed by atoms with Gasteiger partial charge in [-0.25, -0.2) is 4.39 Å². The molecule has 1 N–H and O–H groups in total. The van der Waals surface area contributed by atoms with Gasteiger partial charge in [0.15, 0.2) is 0 Å². The van der Waals surface area contributed by atoms with Gasteiger partial charge in [0.1, 0.15) is 18.3 Å². The van der Waals surface area contributed by atoms with Crippen LogP contribution in [0.4, 0.5) is 4.39 Å². The number of hydrogen-bond donors (Lipinski definition) is 1. The van der Waals surface area contributed by atoms with Crippen molar-refractivity contribution >= 4 is 11.9 Å². The Bertz CT molecular complexity index is 696. The number of nitrogens with one attached hydrogen (secondary N) is 1. The predicted molar refractivity (Wildman–Crippen MR) is 116 cm³/mol. The maximum absolute atomic E-state index is 14.9. The highest BCUT2D eigenvalue weighted by atomic mass is 19.1. The number of ether oxygens (including phenoxy) is 3. The molecule has 6 nitrogen and oxygen atoms in total. The van der Waals surface area contributed by atoms with E-state index in [0.29, 0.717) is 13.0 Å². The molecule has 7 heteroatoms. The normalized spacial score (nSPS) is 20.8. The fourth-order valence-electron chi connectivity index (χ4n) is 3.41. The van der Waals surface area contributed by atoms with Gasteiger partial charge in [0.05, 0.1) is 20.3 Å². The van der Waals surface area contributed by atoms with E-state index in [1.807, 2.05) is 42.5 Å². The minimum atomic E-state index is -1.57. The first-order valence-electron chi connectivity index (χ1n) is 10.9. The van der Waals surface area contributed by atoms with Gasteiger partial charge in [-0.15, -0.1) is 0 Å². The smallest absolute Gasteiger partial charge is 0.323 e. The van der Waals surface area contributed by atoms with Crippen LogP contribution in [0, 0.1) is 0 Å². The van der Waals surface area contributed by atoms with Crippen LogP contribution in [0.1, 0.15) is 50.5 Å². The summed E-state index contributed by atoms with van der Waals surface area (Å²) in [6.45, 7) is 0.550. The topological polar surface area (TPSA) is 73.9 Å². The number of allylic oxidation sites excluding steroid dienone is 1. The zero-order valence-electron chi connectivity index (χ0n) is 18.3. The van der Waals surface area contributed by atoms with Gasteiger partial charge >= 0.3 is 11.9 Å². The molecule has 1 heterocycles. The molecule has 1 aliphatic heterocycles. The number of carbonyl (C=O) groups is 2. The Kier molecular flexibility index (Phi) is 11.2. The molecule has 1 aliphatic rings. The van der Waals surface area contributed by atoms with Crippen LogP contribution in [0.5, 0.6) is 0 Å². The fraction of sp³-hybridized carbons (Fsp3) is 0.583. The molecule has 2 rings (SSSR count). The van der Waals surface area contributed by atoms with E-state index in [1.165, 1.54) is 7.11 Å². The molecule has 1 saturated heterocycles. The van der Waals surface area contributed by atoms with Crippen LogP contribution in [0.3, 0.4) is 0 Å². The molecule has 0 spiro atoms. The summed E-state index contributed by atoms with van der Waals surface area (Å²) < 4.78 is 30.2. The average Bonchev–Trinajstić information content (AvgIpc) is 3.18. The van der Waals surface area contributed by atoms with E-state index in [1.54, 1.807) is 0 Å².